The molecule has 3 heteroatoms. The molecule has 2 N–H and O–H groups in total. The van der Waals surface area contributed by atoms with E-state index in [4.69, 9.17) is 10.5 Å². The largest absolute Gasteiger partial charge is 0.492 e. The van der Waals surface area contributed by atoms with Crippen molar-refractivity contribution >= 4 is 0 Å². The molecule has 1 fully saturated rings. The van der Waals surface area contributed by atoms with Crippen molar-refractivity contribution in [2.24, 2.45) is 17.1 Å². The van der Waals surface area contributed by atoms with Crippen molar-refractivity contribution in [1.82, 2.24) is 4.98 Å². The van der Waals surface area contributed by atoms with Crippen LogP contribution < -0.4 is 10.5 Å². The zero-order valence-electron chi connectivity index (χ0n) is 12.4. The maximum Gasteiger partial charge on any atom is 0.137 e. The van der Waals surface area contributed by atoms with Gasteiger partial charge in [-0.05, 0) is 55.6 Å². The average molecular weight is 262 g/mol. The Balaban J connectivity index is 2.03. The predicted octanol–water partition coefficient (Wildman–Crippen LogP) is 3.70. The lowest BCUT2D eigenvalue weighted by Gasteiger charge is -2.36. The summed E-state index contributed by atoms with van der Waals surface area (Å²) in [4.78, 5) is 4.24. The molecule has 1 aromatic heterocycles. The molecule has 0 amide bonds. The van der Waals surface area contributed by atoms with E-state index >= 15 is 0 Å². The van der Waals surface area contributed by atoms with Crippen LogP contribution in [-0.2, 0) is 0 Å². The summed E-state index contributed by atoms with van der Waals surface area (Å²) in [5.41, 5.74) is 8.02. The molecule has 19 heavy (non-hydrogen) atoms. The summed E-state index contributed by atoms with van der Waals surface area (Å²) in [6.07, 6.45) is 8.60. The van der Waals surface area contributed by atoms with Gasteiger partial charge < -0.3 is 10.5 Å². The number of rotatable bonds is 4. The summed E-state index contributed by atoms with van der Waals surface area (Å²) in [7, 11) is 0. The van der Waals surface area contributed by atoms with E-state index < -0.39 is 0 Å². The highest BCUT2D eigenvalue weighted by molar-refractivity contribution is 5.26. The molecule has 2 rings (SSSR count). The van der Waals surface area contributed by atoms with Crippen LogP contribution in [0.4, 0.5) is 0 Å². The number of ether oxygens (including phenoxy) is 1. The first-order valence-electron chi connectivity index (χ1n) is 7.35. The van der Waals surface area contributed by atoms with Gasteiger partial charge in [-0.15, -0.1) is 0 Å². The number of pyridine rings is 1. The van der Waals surface area contributed by atoms with Gasteiger partial charge in [0.25, 0.3) is 0 Å². The third kappa shape index (κ3) is 3.69. The quantitative estimate of drug-likeness (QED) is 0.900. The highest BCUT2D eigenvalue weighted by Crippen LogP contribution is 2.42. The van der Waals surface area contributed by atoms with E-state index in [0.29, 0.717) is 17.9 Å². The zero-order valence-corrected chi connectivity index (χ0v) is 12.4. The molecule has 0 bridgehead atoms. The van der Waals surface area contributed by atoms with Gasteiger partial charge in [0.1, 0.15) is 5.75 Å². The summed E-state index contributed by atoms with van der Waals surface area (Å²) in [5, 5.41) is 0. The highest BCUT2D eigenvalue weighted by Gasteiger charge is 2.30. The fraction of sp³-hybridized carbons (Fsp3) is 0.688. The first kappa shape index (κ1) is 14.3. The number of nitrogens with zero attached hydrogens (tertiary/aromatic N) is 1. The molecule has 0 radical (unpaired) electrons. The van der Waals surface area contributed by atoms with Crippen molar-refractivity contribution < 1.29 is 4.74 Å². The monoisotopic (exact) mass is 262 g/mol. The Morgan fingerprint density at radius 3 is 2.68 bits per heavy atom. The second-order valence-electron chi connectivity index (χ2n) is 6.41. The van der Waals surface area contributed by atoms with Crippen molar-refractivity contribution in [3.8, 4) is 5.75 Å². The van der Waals surface area contributed by atoms with E-state index in [1.807, 2.05) is 19.2 Å². The molecule has 1 saturated carbocycles. The minimum Gasteiger partial charge on any atom is -0.492 e. The Labute approximate surface area is 116 Å². The smallest absolute Gasteiger partial charge is 0.137 e. The van der Waals surface area contributed by atoms with E-state index in [-0.39, 0.29) is 6.04 Å². The Bertz CT molecular complexity index is 407. The van der Waals surface area contributed by atoms with Crippen LogP contribution in [0.2, 0.25) is 0 Å². The molecule has 1 aromatic rings. The number of hydrogen-bond donors (Lipinski definition) is 1. The summed E-state index contributed by atoms with van der Waals surface area (Å²) >= 11 is 0. The summed E-state index contributed by atoms with van der Waals surface area (Å²) in [6.45, 7) is 7.35. The second-order valence-corrected chi connectivity index (χ2v) is 6.41. The van der Waals surface area contributed by atoms with E-state index in [2.05, 4.69) is 18.8 Å². The maximum atomic E-state index is 6.43. The molecule has 0 saturated heterocycles. The molecular weight excluding hydrogens is 236 g/mol. The first-order chi connectivity index (χ1) is 9.02. The average Bonchev–Trinajstić information content (AvgIpc) is 2.39. The molecule has 0 spiro atoms. The van der Waals surface area contributed by atoms with Gasteiger partial charge in [0.05, 0.1) is 12.8 Å². The van der Waals surface area contributed by atoms with Crippen LogP contribution in [0, 0.1) is 11.3 Å². The molecule has 1 atom stereocenters. The minimum atomic E-state index is 0.0870. The normalized spacial score (nSPS) is 21.1. The second kappa shape index (κ2) is 5.91. The van der Waals surface area contributed by atoms with Crippen LogP contribution in [0.25, 0.3) is 0 Å². The molecule has 1 aliphatic rings. The van der Waals surface area contributed by atoms with Crippen molar-refractivity contribution in [1.29, 1.82) is 0 Å². The molecule has 1 aliphatic carbocycles. The van der Waals surface area contributed by atoms with Gasteiger partial charge in [-0.3, -0.25) is 4.98 Å². The third-order valence-electron chi connectivity index (χ3n) is 4.32. The predicted molar refractivity (Wildman–Crippen MR) is 78.1 cm³/mol. The third-order valence-corrected chi connectivity index (χ3v) is 4.32. The first-order valence-corrected chi connectivity index (χ1v) is 7.35. The van der Waals surface area contributed by atoms with E-state index in [1.54, 1.807) is 6.20 Å². The Hall–Kier alpha value is -1.09. The van der Waals surface area contributed by atoms with E-state index in [9.17, 15) is 0 Å². The lowest BCUT2D eigenvalue weighted by atomic mass is 9.70. The standard InChI is InChI=1S/C16H26N2O/c1-4-19-14-9-13(10-18-11-14)15(17)12-5-7-16(2,3)8-6-12/h9-12,15H,4-8,17H2,1-3H3. The van der Waals surface area contributed by atoms with Crippen LogP contribution in [0.15, 0.2) is 18.5 Å². The fourth-order valence-electron chi connectivity index (χ4n) is 2.92. The fourth-order valence-corrected chi connectivity index (χ4v) is 2.92. The SMILES string of the molecule is CCOc1cncc(C(N)C2CCC(C)(C)CC2)c1. The van der Waals surface area contributed by atoms with Crippen LogP contribution in [0.3, 0.4) is 0 Å². The van der Waals surface area contributed by atoms with Gasteiger partial charge >= 0.3 is 0 Å². The number of aromatic nitrogens is 1. The van der Waals surface area contributed by atoms with Gasteiger partial charge in [-0.25, -0.2) is 0 Å². The van der Waals surface area contributed by atoms with Gasteiger partial charge in [0.2, 0.25) is 0 Å². The van der Waals surface area contributed by atoms with Crippen molar-refractivity contribution in [3.63, 3.8) is 0 Å². The summed E-state index contributed by atoms with van der Waals surface area (Å²) < 4.78 is 5.50. The summed E-state index contributed by atoms with van der Waals surface area (Å²) in [5.74, 6) is 1.40. The van der Waals surface area contributed by atoms with Crippen molar-refractivity contribution in [3.05, 3.63) is 24.0 Å². The topological polar surface area (TPSA) is 48.1 Å². The van der Waals surface area contributed by atoms with Crippen molar-refractivity contribution in [2.75, 3.05) is 6.61 Å². The van der Waals surface area contributed by atoms with Gasteiger partial charge in [0.15, 0.2) is 0 Å². The van der Waals surface area contributed by atoms with E-state index in [0.717, 1.165) is 11.3 Å². The maximum absolute atomic E-state index is 6.43. The summed E-state index contributed by atoms with van der Waals surface area (Å²) in [6, 6.07) is 2.13. The van der Waals surface area contributed by atoms with Crippen molar-refractivity contribution in [2.45, 2.75) is 52.5 Å². The molecular formula is C16H26N2O. The molecule has 106 valence electrons. The lowest BCUT2D eigenvalue weighted by molar-refractivity contribution is 0.173. The molecule has 0 aromatic carbocycles. The molecule has 1 heterocycles. The van der Waals surface area contributed by atoms with Gasteiger partial charge in [-0.1, -0.05) is 13.8 Å². The number of nitrogens with two attached hydrogens (primary N) is 1. The van der Waals surface area contributed by atoms with E-state index in [1.165, 1.54) is 25.7 Å². The Morgan fingerprint density at radius 1 is 1.37 bits per heavy atom. The minimum absolute atomic E-state index is 0.0870. The number of hydrogen-bond acceptors (Lipinski definition) is 3. The molecule has 0 aliphatic heterocycles. The highest BCUT2D eigenvalue weighted by atomic mass is 16.5. The molecule has 3 nitrogen and oxygen atoms in total. The Morgan fingerprint density at radius 2 is 2.05 bits per heavy atom. The van der Waals surface area contributed by atoms with Crippen LogP contribution in [0.1, 0.15) is 58.1 Å². The Kier molecular flexibility index (Phi) is 4.46. The lowest BCUT2D eigenvalue weighted by Crippen LogP contribution is -2.29. The zero-order chi connectivity index (χ0) is 13.9. The van der Waals surface area contributed by atoms with Crippen LogP contribution in [0.5, 0.6) is 5.75 Å². The molecule has 1 unspecified atom stereocenters. The van der Waals surface area contributed by atoms with Gasteiger partial charge in [-0.2, -0.15) is 0 Å². The van der Waals surface area contributed by atoms with Crippen LogP contribution in [-0.4, -0.2) is 11.6 Å². The van der Waals surface area contributed by atoms with Gasteiger partial charge in [0, 0.05) is 12.2 Å². The van der Waals surface area contributed by atoms with Crippen LogP contribution >= 0.6 is 0 Å².